The van der Waals surface area contributed by atoms with Gasteiger partial charge in [-0.15, -0.1) is 0 Å². The van der Waals surface area contributed by atoms with E-state index in [2.05, 4.69) is 26.2 Å². The number of aliphatic imine (C=N–C) groups is 1. The molecule has 1 saturated heterocycles. The summed E-state index contributed by atoms with van der Waals surface area (Å²) >= 11 is 3.39. The molecule has 1 fully saturated rings. The van der Waals surface area contributed by atoms with E-state index in [-0.39, 0.29) is 31.2 Å². The highest BCUT2D eigenvalue weighted by Crippen LogP contribution is 2.23. The number of rotatable bonds is 7. The summed E-state index contributed by atoms with van der Waals surface area (Å²) in [4.78, 5) is 17.5. The number of para-hydroxylation sites is 1. The van der Waals surface area contributed by atoms with E-state index in [9.17, 15) is 9.90 Å². The summed E-state index contributed by atoms with van der Waals surface area (Å²) in [5.74, 6) is 0.949. The van der Waals surface area contributed by atoms with Gasteiger partial charge in [0.2, 0.25) is 0 Å². The van der Waals surface area contributed by atoms with Crippen molar-refractivity contribution in [3.05, 3.63) is 28.7 Å². The predicted molar refractivity (Wildman–Crippen MR) is 107 cm³/mol. The van der Waals surface area contributed by atoms with Crippen LogP contribution in [-0.2, 0) is 4.74 Å². The Morgan fingerprint density at radius 3 is 2.81 bits per heavy atom. The van der Waals surface area contributed by atoms with Gasteiger partial charge in [0.1, 0.15) is 18.5 Å². The molecule has 27 heavy (non-hydrogen) atoms. The maximum absolute atomic E-state index is 11.7. The van der Waals surface area contributed by atoms with Crippen LogP contribution in [0.1, 0.15) is 19.8 Å². The van der Waals surface area contributed by atoms with Gasteiger partial charge in [0, 0.05) is 19.1 Å². The number of likely N-dealkylation sites (tertiary alicyclic amines) is 1. The third-order valence-electron chi connectivity index (χ3n) is 4.11. The smallest absolute Gasteiger partial charge is 0.409 e. The highest BCUT2D eigenvalue weighted by Gasteiger charge is 2.23. The van der Waals surface area contributed by atoms with E-state index in [1.807, 2.05) is 24.3 Å². The molecule has 0 aromatic heterocycles. The minimum absolute atomic E-state index is 0.122. The molecule has 1 heterocycles. The minimum atomic E-state index is -0.761. The van der Waals surface area contributed by atoms with Crippen LogP contribution in [0.2, 0.25) is 0 Å². The second kappa shape index (κ2) is 11.0. The van der Waals surface area contributed by atoms with Crippen LogP contribution in [0.25, 0.3) is 0 Å². The van der Waals surface area contributed by atoms with Crippen molar-refractivity contribution in [2.24, 2.45) is 10.7 Å². The first-order chi connectivity index (χ1) is 13.0. The maximum Gasteiger partial charge on any atom is 0.409 e. The van der Waals surface area contributed by atoms with Crippen molar-refractivity contribution >= 4 is 28.0 Å². The fourth-order valence-electron chi connectivity index (χ4n) is 2.68. The molecule has 0 spiro atoms. The van der Waals surface area contributed by atoms with E-state index in [1.165, 1.54) is 0 Å². The number of aliphatic hydroxyl groups excluding tert-OH is 1. The molecule has 150 valence electrons. The second-order valence-electron chi connectivity index (χ2n) is 6.23. The number of hydrogen-bond acceptors (Lipinski definition) is 5. The molecule has 0 aliphatic carbocycles. The van der Waals surface area contributed by atoms with Crippen LogP contribution >= 0.6 is 15.9 Å². The Morgan fingerprint density at radius 1 is 1.44 bits per heavy atom. The summed E-state index contributed by atoms with van der Waals surface area (Å²) in [5.41, 5.74) is 5.90. The van der Waals surface area contributed by atoms with E-state index in [0.717, 1.165) is 17.3 Å². The van der Waals surface area contributed by atoms with Crippen molar-refractivity contribution in [1.29, 1.82) is 0 Å². The highest BCUT2D eigenvalue weighted by molar-refractivity contribution is 9.10. The first-order valence-electron chi connectivity index (χ1n) is 9.03. The van der Waals surface area contributed by atoms with Crippen LogP contribution in [0.3, 0.4) is 0 Å². The maximum atomic E-state index is 11.7. The first kappa shape index (κ1) is 21.3. The number of nitrogens with zero attached hydrogens (tertiary/aromatic N) is 2. The molecule has 1 amide bonds. The predicted octanol–water partition coefficient (Wildman–Crippen LogP) is 1.71. The number of aliphatic hydroxyl groups is 1. The summed E-state index contributed by atoms with van der Waals surface area (Å²) in [5, 5.41) is 13.2. The SMILES string of the molecule is CCOC(=O)N1CCC(NC(N)=NCC(O)COc2ccccc2Br)CC1. The van der Waals surface area contributed by atoms with Gasteiger partial charge in [-0.1, -0.05) is 12.1 Å². The van der Waals surface area contributed by atoms with Crippen molar-refractivity contribution in [1.82, 2.24) is 10.2 Å². The van der Waals surface area contributed by atoms with Crippen LogP contribution in [-0.4, -0.2) is 67.1 Å². The van der Waals surface area contributed by atoms with Crippen molar-refractivity contribution in [3.63, 3.8) is 0 Å². The molecule has 0 radical (unpaired) electrons. The monoisotopic (exact) mass is 442 g/mol. The average molecular weight is 443 g/mol. The molecular weight excluding hydrogens is 416 g/mol. The lowest BCUT2D eigenvalue weighted by Gasteiger charge is -2.31. The standard InChI is InChI=1S/C18H27BrN4O4/c1-2-26-18(25)23-9-7-13(8-10-23)22-17(20)21-11-14(24)12-27-16-6-4-3-5-15(16)19/h3-6,13-14,24H,2,7-12H2,1H3,(H3,20,21,22). The molecule has 0 saturated carbocycles. The summed E-state index contributed by atoms with van der Waals surface area (Å²) in [6.07, 6.45) is 0.500. The van der Waals surface area contributed by atoms with Crippen LogP contribution in [0.5, 0.6) is 5.75 Å². The fraction of sp³-hybridized carbons (Fsp3) is 0.556. The molecule has 1 unspecified atom stereocenters. The Hall–Kier alpha value is -2.00. The topological polar surface area (TPSA) is 109 Å². The molecule has 0 bridgehead atoms. The van der Waals surface area contributed by atoms with Crippen molar-refractivity contribution in [2.45, 2.75) is 31.9 Å². The zero-order chi connectivity index (χ0) is 19.6. The summed E-state index contributed by atoms with van der Waals surface area (Å²) in [6.45, 7) is 3.67. The van der Waals surface area contributed by atoms with E-state index >= 15 is 0 Å². The van der Waals surface area contributed by atoms with Gasteiger partial charge in [-0.25, -0.2) is 4.79 Å². The van der Waals surface area contributed by atoms with Gasteiger partial charge in [0.25, 0.3) is 0 Å². The number of amides is 1. The number of carbonyl (C=O) groups excluding carboxylic acids is 1. The average Bonchev–Trinajstić information content (AvgIpc) is 2.66. The van der Waals surface area contributed by atoms with E-state index in [1.54, 1.807) is 11.8 Å². The van der Waals surface area contributed by atoms with Crippen LogP contribution in [0, 0.1) is 0 Å². The number of nitrogens with one attached hydrogen (secondary N) is 1. The molecule has 4 N–H and O–H groups in total. The fourth-order valence-corrected chi connectivity index (χ4v) is 3.08. The van der Waals surface area contributed by atoms with Crippen LogP contribution < -0.4 is 15.8 Å². The molecule has 8 nitrogen and oxygen atoms in total. The Bertz CT molecular complexity index is 636. The zero-order valence-corrected chi connectivity index (χ0v) is 17.0. The molecule has 2 rings (SSSR count). The summed E-state index contributed by atoms with van der Waals surface area (Å²) in [7, 11) is 0. The van der Waals surface area contributed by atoms with E-state index in [0.29, 0.717) is 25.4 Å². The molecule has 1 aromatic carbocycles. The Morgan fingerprint density at radius 2 is 2.15 bits per heavy atom. The Labute approximate surface area is 167 Å². The third kappa shape index (κ3) is 7.26. The first-order valence-corrected chi connectivity index (χ1v) is 9.82. The molecule has 9 heteroatoms. The molecule has 1 atom stereocenters. The number of ether oxygens (including phenoxy) is 2. The number of halogens is 1. The van der Waals surface area contributed by atoms with E-state index in [4.69, 9.17) is 15.2 Å². The molecular formula is C18H27BrN4O4. The normalized spacial score (nSPS) is 16.7. The van der Waals surface area contributed by atoms with Gasteiger partial charge in [0.15, 0.2) is 5.96 Å². The van der Waals surface area contributed by atoms with Gasteiger partial charge in [-0.05, 0) is 47.8 Å². The molecule has 1 aliphatic rings. The van der Waals surface area contributed by atoms with Gasteiger partial charge in [0.05, 0.1) is 17.6 Å². The van der Waals surface area contributed by atoms with Gasteiger partial charge >= 0.3 is 6.09 Å². The van der Waals surface area contributed by atoms with E-state index < -0.39 is 6.10 Å². The highest BCUT2D eigenvalue weighted by atomic mass is 79.9. The number of guanidine groups is 1. The molecule has 1 aliphatic heterocycles. The molecule has 1 aromatic rings. The lowest BCUT2D eigenvalue weighted by atomic mass is 10.1. The van der Waals surface area contributed by atoms with Crippen LogP contribution in [0.4, 0.5) is 4.79 Å². The summed E-state index contributed by atoms with van der Waals surface area (Å²) < 4.78 is 11.4. The zero-order valence-electron chi connectivity index (χ0n) is 15.4. The van der Waals surface area contributed by atoms with Gasteiger partial charge in [-0.3, -0.25) is 4.99 Å². The largest absolute Gasteiger partial charge is 0.490 e. The number of benzene rings is 1. The number of piperidine rings is 1. The van der Waals surface area contributed by atoms with Crippen LogP contribution in [0.15, 0.2) is 33.7 Å². The van der Waals surface area contributed by atoms with Crippen molar-refractivity contribution < 1.29 is 19.4 Å². The Balaban J connectivity index is 1.68. The Kier molecular flexibility index (Phi) is 8.66. The number of nitrogens with two attached hydrogens (primary N) is 1. The van der Waals surface area contributed by atoms with Crippen molar-refractivity contribution in [2.75, 3.05) is 32.8 Å². The van der Waals surface area contributed by atoms with Gasteiger partial charge in [-0.2, -0.15) is 0 Å². The quantitative estimate of drug-likeness (QED) is 0.437. The lowest BCUT2D eigenvalue weighted by molar-refractivity contribution is 0.0962. The van der Waals surface area contributed by atoms with Gasteiger partial charge < -0.3 is 30.5 Å². The number of hydrogen-bond donors (Lipinski definition) is 3. The minimum Gasteiger partial charge on any atom is -0.490 e. The second-order valence-corrected chi connectivity index (χ2v) is 7.08. The summed E-state index contributed by atoms with van der Waals surface area (Å²) in [6, 6.07) is 7.59. The third-order valence-corrected chi connectivity index (χ3v) is 4.77. The number of carbonyl (C=O) groups is 1. The van der Waals surface area contributed by atoms with Crippen molar-refractivity contribution in [3.8, 4) is 5.75 Å². The lowest BCUT2D eigenvalue weighted by Crippen LogP contribution is -2.48.